The average molecular weight is 238 g/mol. The van der Waals surface area contributed by atoms with Crippen LogP contribution in [0.2, 0.25) is 0 Å². The highest BCUT2D eigenvalue weighted by atomic mass is 19.1. The third-order valence-electron chi connectivity index (χ3n) is 1.95. The van der Waals surface area contributed by atoms with Gasteiger partial charge in [0.05, 0.1) is 24.7 Å². The minimum atomic E-state index is -0.695. The molecule has 0 fully saturated rings. The number of nitrogens with zero attached hydrogens (tertiary/aromatic N) is 2. The number of benzene rings is 1. The lowest BCUT2D eigenvalue weighted by molar-refractivity contribution is 0.275. The number of aliphatic hydroxyl groups excluding tert-OH is 1. The third-order valence-corrected chi connectivity index (χ3v) is 1.95. The zero-order chi connectivity index (χ0) is 12.3. The van der Waals surface area contributed by atoms with Crippen LogP contribution >= 0.6 is 0 Å². The minimum absolute atomic E-state index is 0.0201. The van der Waals surface area contributed by atoms with Gasteiger partial charge in [-0.3, -0.25) is 4.98 Å². The van der Waals surface area contributed by atoms with Gasteiger partial charge in [0, 0.05) is 6.07 Å². The maximum Gasteiger partial charge on any atom is 0.237 e. The predicted molar refractivity (Wildman–Crippen MR) is 54.4 cm³/mol. The van der Waals surface area contributed by atoms with E-state index in [0.717, 1.165) is 18.2 Å². The Morgan fingerprint density at radius 3 is 2.65 bits per heavy atom. The molecule has 17 heavy (non-hydrogen) atoms. The fraction of sp³-hybridized carbons (Fsp3) is 0.0909. The van der Waals surface area contributed by atoms with Crippen LogP contribution in [0.4, 0.5) is 8.78 Å². The van der Waals surface area contributed by atoms with Crippen LogP contribution < -0.4 is 4.74 Å². The smallest absolute Gasteiger partial charge is 0.237 e. The summed E-state index contributed by atoms with van der Waals surface area (Å²) in [5.74, 6) is -1.55. The van der Waals surface area contributed by atoms with Crippen molar-refractivity contribution in [1.29, 1.82) is 0 Å². The molecule has 0 amide bonds. The fourth-order valence-electron chi connectivity index (χ4n) is 1.15. The van der Waals surface area contributed by atoms with Crippen molar-refractivity contribution in [2.24, 2.45) is 0 Å². The van der Waals surface area contributed by atoms with Crippen molar-refractivity contribution >= 4 is 0 Å². The van der Waals surface area contributed by atoms with Crippen molar-refractivity contribution in [3.63, 3.8) is 0 Å². The van der Waals surface area contributed by atoms with Gasteiger partial charge in [0.1, 0.15) is 5.82 Å². The molecule has 4 nitrogen and oxygen atoms in total. The Balaban J connectivity index is 2.22. The van der Waals surface area contributed by atoms with Gasteiger partial charge in [0.25, 0.3) is 0 Å². The molecule has 0 aliphatic heterocycles. The van der Waals surface area contributed by atoms with Crippen LogP contribution in [0.15, 0.2) is 30.6 Å². The third kappa shape index (κ3) is 2.73. The Hall–Kier alpha value is -2.08. The summed E-state index contributed by atoms with van der Waals surface area (Å²) in [5, 5.41) is 8.75. The summed E-state index contributed by atoms with van der Waals surface area (Å²) in [6, 6.07) is 2.86. The predicted octanol–water partition coefficient (Wildman–Crippen LogP) is 2.04. The molecule has 0 radical (unpaired) electrons. The van der Waals surface area contributed by atoms with Gasteiger partial charge < -0.3 is 9.84 Å². The summed E-state index contributed by atoms with van der Waals surface area (Å²) in [6.07, 6.45) is 2.50. The topological polar surface area (TPSA) is 55.2 Å². The van der Waals surface area contributed by atoms with Crippen molar-refractivity contribution < 1.29 is 18.6 Å². The molecule has 1 aromatic heterocycles. The lowest BCUT2D eigenvalue weighted by atomic mass is 10.3. The molecule has 0 bridgehead atoms. The van der Waals surface area contributed by atoms with E-state index in [1.54, 1.807) is 0 Å². The highest BCUT2D eigenvalue weighted by molar-refractivity contribution is 5.28. The van der Waals surface area contributed by atoms with Gasteiger partial charge in [-0.25, -0.2) is 13.8 Å². The fourth-order valence-corrected chi connectivity index (χ4v) is 1.15. The van der Waals surface area contributed by atoms with Crippen LogP contribution in [-0.4, -0.2) is 15.1 Å². The van der Waals surface area contributed by atoms with E-state index in [0.29, 0.717) is 5.69 Å². The molecular formula is C11H8F2N2O2. The zero-order valence-corrected chi connectivity index (χ0v) is 8.60. The van der Waals surface area contributed by atoms with Crippen molar-refractivity contribution in [3.8, 4) is 11.6 Å². The number of aliphatic hydroxyl groups is 1. The largest absolute Gasteiger partial charge is 0.434 e. The molecule has 2 rings (SSSR count). The molecule has 0 unspecified atom stereocenters. The van der Waals surface area contributed by atoms with E-state index in [2.05, 4.69) is 9.97 Å². The van der Waals surface area contributed by atoms with Gasteiger partial charge in [-0.1, -0.05) is 0 Å². The van der Waals surface area contributed by atoms with Crippen LogP contribution in [0, 0.1) is 11.6 Å². The van der Waals surface area contributed by atoms with Gasteiger partial charge in [0.15, 0.2) is 11.6 Å². The zero-order valence-electron chi connectivity index (χ0n) is 8.60. The average Bonchev–Trinajstić information content (AvgIpc) is 2.35. The molecule has 0 atom stereocenters. The van der Waals surface area contributed by atoms with E-state index in [-0.39, 0.29) is 18.2 Å². The Morgan fingerprint density at radius 2 is 2.00 bits per heavy atom. The summed E-state index contributed by atoms with van der Waals surface area (Å²) in [6.45, 7) is -0.248. The number of ether oxygens (including phenoxy) is 1. The summed E-state index contributed by atoms with van der Waals surface area (Å²) >= 11 is 0. The quantitative estimate of drug-likeness (QED) is 0.889. The summed E-state index contributed by atoms with van der Waals surface area (Å²) in [5.41, 5.74) is 0.358. The SMILES string of the molecule is OCc1cnc(Oc2cc(F)ccc2F)cn1. The van der Waals surface area contributed by atoms with Crippen LogP contribution in [0.1, 0.15) is 5.69 Å². The van der Waals surface area contributed by atoms with Crippen molar-refractivity contribution in [3.05, 3.63) is 47.9 Å². The van der Waals surface area contributed by atoms with Crippen LogP contribution in [0.25, 0.3) is 0 Å². The molecule has 0 saturated heterocycles. The number of aromatic nitrogens is 2. The van der Waals surface area contributed by atoms with E-state index >= 15 is 0 Å². The standard InChI is InChI=1S/C11H8F2N2O2/c12-7-1-2-9(13)10(3-7)17-11-5-14-8(6-16)4-15-11/h1-5,16H,6H2. The highest BCUT2D eigenvalue weighted by Crippen LogP contribution is 2.23. The molecule has 0 aliphatic carbocycles. The molecule has 0 spiro atoms. The van der Waals surface area contributed by atoms with E-state index < -0.39 is 11.6 Å². The van der Waals surface area contributed by atoms with E-state index in [9.17, 15) is 8.78 Å². The molecule has 88 valence electrons. The molecule has 2 aromatic rings. The lowest BCUT2D eigenvalue weighted by Crippen LogP contribution is -1.95. The van der Waals surface area contributed by atoms with Crippen LogP contribution in [0.5, 0.6) is 11.6 Å². The summed E-state index contributed by atoms with van der Waals surface area (Å²) < 4.78 is 31.1. The molecule has 6 heteroatoms. The first-order valence-electron chi connectivity index (χ1n) is 4.73. The maximum atomic E-state index is 13.2. The summed E-state index contributed by atoms with van der Waals surface area (Å²) in [7, 11) is 0. The van der Waals surface area contributed by atoms with Crippen LogP contribution in [0.3, 0.4) is 0 Å². The second kappa shape index (κ2) is 4.84. The van der Waals surface area contributed by atoms with Crippen molar-refractivity contribution in [2.45, 2.75) is 6.61 Å². The molecule has 0 aliphatic rings. The first-order chi connectivity index (χ1) is 8.19. The first-order valence-corrected chi connectivity index (χ1v) is 4.73. The second-order valence-corrected chi connectivity index (χ2v) is 3.18. The highest BCUT2D eigenvalue weighted by Gasteiger charge is 2.07. The molecule has 1 heterocycles. The van der Waals surface area contributed by atoms with E-state index in [1.165, 1.54) is 12.4 Å². The number of rotatable bonds is 3. The molecule has 1 aromatic carbocycles. The van der Waals surface area contributed by atoms with Crippen molar-refractivity contribution in [1.82, 2.24) is 9.97 Å². The normalized spacial score (nSPS) is 10.3. The Morgan fingerprint density at radius 1 is 1.18 bits per heavy atom. The first kappa shape index (κ1) is 11.4. The Bertz CT molecular complexity index is 517. The second-order valence-electron chi connectivity index (χ2n) is 3.18. The van der Waals surface area contributed by atoms with Gasteiger partial charge in [-0.05, 0) is 12.1 Å². The van der Waals surface area contributed by atoms with Gasteiger partial charge in [0.2, 0.25) is 5.88 Å². The minimum Gasteiger partial charge on any atom is -0.434 e. The summed E-state index contributed by atoms with van der Waals surface area (Å²) in [4.78, 5) is 7.57. The van der Waals surface area contributed by atoms with Crippen molar-refractivity contribution in [2.75, 3.05) is 0 Å². The van der Waals surface area contributed by atoms with Gasteiger partial charge in [-0.15, -0.1) is 0 Å². The monoisotopic (exact) mass is 238 g/mol. The van der Waals surface area contributed by atoms with Gasteiger partial charge in [-0.2, -0.15) is 0 Å². The molecule has 1 N–H and O–H groups in total. The number of hydrogen-bond donors (Lipinski definition) is 1. The Kier molecular flexibility index (Phi) is 3.24. The molecular weight excluding hydrogens is 230 g/mol. The van der Waals surface area contributed by atoms with E-state index in [4.69, 9.17) is 9.84 Å². The Labute approximate surface area is 95.5 Å². The molecule has 0 saturated carbocycles. The maximum absolute atomic E-state index is 13.2. The van der Waals surface area contributed by atoms with Crippen LogP contribution in [-0.2, 0) is 6.61 Å². The number of halogens is 2. The lowest BCUT2D eigenvalue weighted by Gasteiger charge is -2.05. The van der Waals surface area contributed by atoms with E-state index in [1.807, 2.05) is 0 Å². The van der Waals surface area contributed by atoms with Gasteiger partial charge >= 0.3 is 0 Å². The number of hydrogen-bond acceptors (Lipinski definition) is 4.